The van der Waals surface area contributed by atoms with Crippen LogP contribution < -0.4 is 11.1 Å². The van der Waals surface area contributed by atoms with Gasteiger partial charge >= 0.3 is 0 Å². The zero-order valence-corrected chi connectivity index (χ0v) is 12.9. The maximum atomic E-state index is 12.6. The Balaban J connectivity index is 0.00000161. The van der Waals surface area contributed by atoms with Crippen LogP contribution in [0.15, 0.2) is 0 Å². The van der Waals surface area contributed by atoms with Gasteiger partial charge in [0.05, 0.1) is 18.7 Å². The fourth-order valence-corrected chi connectivity index (χ4v) is 3.66. The number of nitrogens with two attached hydrogens (primary N) is 1. The molecule has 3 rings (SSSR count). The average molecular weight is 318 g/mol. The summed E-state index contributed by atoms with van der Waals surface area (Å²) in [5.41, 5.74) is 5.59. The van der Waals surface area contributed by atoms with Gasteiger partial charge in [-0.1, -0.05) is 12.8 Å². The van der Waals surface area contributed by atoms with Crippen LogP contribution in [-0.2, 0) is 14.3 Å². The lowest BCUT2D eigenvalue weighted by Crippen LogP contribution is -2.64. The van der Waals surface area contributed by atoms with Crippen molar-refractivity contribution in [2.45, 2.75) is 62.8 Å². The molecule has 2 amide bonds. The van der Waals surface area contributed by atoms with E-state index in [1.54, 1.807) is 4.90 Å². The van der Waals surface area contributed by atoms with Gasteiger partial charge in [0.15, 0.2) is 0 Å². The number of carbonyl (C=O) groups is 2. The van der Waals surface area contributed by atoms with E-state index >= 15 is 0 Å². The number of rotatable bonds is 2. The van der Waals surface area contributed by atoms with Crippen LogP contribution in [-0.4, -0.2) is 54.1 Å². The smallest absolute Gasteiger partial charge is 0.252 e. The zero-order chi connectivity index (χ0) is 14.1. The number of fused-ring (bicyclic) bond motifs is 1. The van der Waals surface area contributed by atoms with Crippen molar-refractivity contribution in [3.8, 4) is 0 Å². The first kappa shape index (κ1) is 16.5. The molecule has 1 saturated carbocycles. The van der Waals surface area contributed by atoms with Gasteiger partial charge in [0, 0.05) is 12.6 Å². The summed E-state index contributed by atoms with van der Waals surface area (Å²) in [7, 11) is 0. The lowest BCUT2D eigenvalue weighted by molar-refractivity contribution is -0.152. The van der Waals surface area contributed by atoms with Gasteiger partial charge in [0.2, 0.25) is 5.91 Å². The topological polar surface area (TPSA) is 84.7 Å². The third kappa shape index (κ3) is 3.33. The van der Waals surface area contributed by atoms with Crippen molar-refractivity contribution in [2.75, 3.05) is 13.1 Å². The molecule has 0 aromatic heterocycles. The molecule has 0 bridgehead atoms. The van der Waals surface area contributed by atoms with Gasteiger partial charge in [-0.25, -0.2) is 0 Å². The van der Waals surface area contributed by atoms with Gasteiger partial charge in [-0.2, -0.15) is 0 Å². The molecule has 21 heavy (non-hydrogen) atoms. The molecule has 3 aliphatic rings. The number of ether oxygens (including phenoxy) is 1. The molecular formula is C14H24ClN3O3. The second-order valence-corrected chi connectivity index (χ2v) is 6.05. The fraction of sp³-hybridized carbons (Fsp3) is 0.857. The standard InChI is InChI=1S/C14H23N3O3.ClH/c15-7-9-5-6-12(20-9)14(19)17-8-13(18)16-10-3-1-2-4-11(10)17;/h9-12H,1-8,15H2,(H,16,18);1H/t9-,10?,11?,12+;/m1./s1. The molecule has 120 valence electrons. The highest BCUT2D eigenvalue weighted by atomic mass is 35.5. The number of hydrogen-bond acceptors (Lipinski definition) is 4. The van der Waals surface area contributed by atoms with Crippen molar-refractivity contribution < 1.29 is 14.3 Å². The van der Waals surface area contributed by atoms with Gasteiger partial charge in [-0.15, -0.1) is 12.4 Å². The van der Waals surface area contributed by atoms with Crippen LogP contribution in [0, 0.1) is 0 Å². The van der Waals surface area contributed by atoms with E-state index in [1.165, 1.54) is 0 Å². The molecule has 7 heteroatoms. The van der Waals surface area contributed by atoms with E-state index in [0.29, 0.717) is 6.54 Å². The van der Waals surface area contributed by atoms with Crippen LogP contribution in [0.2, 0.25) is 0 Å². The predicted octanol–water partition coefficient (Wildman–Crippen LogP) is 0.184. The van der Waals surface area contributed by atoms with Crippen molar-refractivity contribution >= 4 is 24.2 Å². The molecule has 3 fully saturated rings. The van der Waals surface area contributed by atoms with Crippen LogP contribution in [0.5, 0.6) is 0 Å². The van der Waals surface area contributed by atoms with Crippen LogP contribution in [0.3, 0.4) is 0 Å². The van der Waals surface area contributed by atoms with Crippen LogP contribution >= 0.6 is 12.4 Å². The summed E-state index contributed by atoms with van der Waals surface area (Å²) in [4.78, 5) is 26.2. The Morgan fingerprint density at radius 1 is 1.29 bits per heavy atom. The molecule has 6 nitrogen and oxygen atoms in total. The first-order chi connectivity index (χ1) is 9.69. The van der Waals surface area contributed by atoms with Crippen molar-refractivity contribution in [1.29, 1.82) is 0 Å². The molecule has 2 aliphatic heterocycles. The minimum Gasteiger partial charge on any atom is -0.364 e. The Morgan fingerprint density at radius 3 is 2.76 bits per heavy atom. The highest BCUT2D eigenvalue weighted by molar-refractivity contribution is 5.89. The van der Waals surface area contributed by atoms with Gasteiger partial charge in [-0.05, 0) is 25.7 Å². The van der Waals surface area contributed by atoms with Gasteiger partial charge in [-0.3, -0.25) is 9.59 Å². The third-order valence-corrected chi connectivity index (χ3v) is 4.72. The molecule has 2 unspecified atom stereocenters. The van der Waals surface area contributed by atoms with E-state index in [0.717, 1.165) is 38.5 Å². The Labute approximate surface area is 131 Å². The normalized spacial score (nSPS) is 35.7. The Morgan fingerprint density at radius 2 is 2.05 bits per heavy atom. The summed E-state index contributed by atoms with van der Waals surface area (Å²) in [5.74, 6) is -0.0671. The molecule has 2 heterocycles. The van der Waals surface area contributed by atoms with Crippen molar-refractivity contribution in [1.82, 2.24) is 10.2 Å². The third-order valence-electron chi connectivity index (χ3n) is 4.72. The molecule has 2 saturated heterocycles. The van der Waals surface area contributed by atoms with E-state index in [2.05, 4.69) is 5.32 Å². The number of amides is 2. The Hall–Kier alpha value is -0.850. The van der Waals surface area contributed by atoms with Crippen molar-refractivity contribution in [3.05, 3.63) is 0 Å². The SMILES string of the molecule is Cl.NC[C@H]1CC[C@@H](C(=O)N2CC(=O)NC3CCCCC32)O1. The molecular weight excluding hydrogens is 294 g/mol. The van der Waals surface area contributed by atoms with E-state index in [-0.39, 0.29) is 49.0 Å². The summed E-state index contributed by atoms with van der Waals surface area (Å²) in [6.07, 6.45) is 5.33. The van der Waals surface area contributed by atoms with Gasteiger partial charge < -0.3 is 20.7 Å². The van der Waals surface area contributed by atoms with Gasteiger partial charge in [0.1, 0.15) is 6.10 Å². The lowest BCUT2D eigenvalue weighted by Gasteiger charge is -2.44. The molecule has 1 aliphatic carbocycles. The average Bonchev–Trinajstić information content (AvgIpc) is 2.94. The predicted molar refractivity (Wildman–Crippen MR) is 80.1 cm³/mol. The van der Waals surface area contributed by atoms with Crippen LogP contribution in [0.25, 0.3) is 0 Å². The zero-order valence-electron chi connectivity index (χ0n) is 12.1. The molecule has 0 aromatic rings. The minimum atomic E-state index is -0.406. The fourth-order valence-electron chi connectivity index (χ4n) is 3.66. The van der Waals surface area contributed by atoms with E-state index in [9.17, 15) is 9.59 Å². The maximum absolute atomic E-state index is 12.6. The lowest BCUT2D eigenvalue weighted by atomic mass is 9.87. The first-order valence-electron chi connectivity index (χ1n) is 7.64. The number of carbonyl (C=O) groups excluding carboxylic acids is 2. The van der Waals surface area contributed by atoms with Crippen molar-refractivity contribution in [3.63, 3.8) is 0 Å². The molecule has 3 N–H and O–H groups in total. The number of piperazine rings is 1. The number of halogens is 1. The van der Waals surface area contributed by atoms with E-state index in [1.807, 2.05) is 0 Å². The number of hydrogen-bond donors (Lipinski definition) is 2. The van der Waals surface area contributed by atoms with Crippen molar-refractivity contribution in [2.24, 2.45) is 5.73 Å². The molecule has 0 aromatic carbocycles. The maximum Gasteiger partial charge on any atom is 0.252 e. The molecule has 0 radical (unpaired) electrons. The number of nitrogens with one attached hydrogen (secondary N) is 1. The largest absolute Gasteiger partial charge is 0.364 e. The monoisotopic (exact) mass is 317 g/mol. The van der Waals surface area contributed by atoms with Crippen LogP contribution in [0.1, 0.15) is 38.5 Å². The molecule has 4 atom stereocenters. The summed E-state index contributed by atoms with van der Waals surface area (Å²) in [6.45, 7) is 0.628. The summed E-state index contributed by atoms with van der Waals surface area (Å²) in [5, 5.41) is 3.02. The van der Waals surface area contributed by atoms with E-state index < -0.39 is 6.10 Å². The first-order valence-corrected chi connectivity index (χ1v) is 7.64. The quantitative estimate of drug-likeness (QED) is 0.761. The Kier molecular flexibility index (Phi) is 5.46. The number of nitrogens with zero attached hydrogens (tertiary/aromatic N) is 1. The minimum absolute atomic E-state index is 0. The highest BCUT2D eigenvalue weighted by Gasteiger charge is 2.42. The highest BCUT2D eigenvalue weighted by Crippen LogP contribution is 2.28. The molecule has 0 spiro atoms. The summed E-state index contributed by atoms with van der Waals surface area (Å²) < 4.78 is 5.69. The Bertz CT molecular complexity index is 407. The summed E-state index contributed by atoms with van der Waals surface area (Å²) in [6, 6.07) is 0.273. The summed E-state index contributed by atoms with van der Waals surface area (Å²) >= 11 is 0. The van der Waals surface area contributed by atoms with Crippen LogP contribution in [0.4, 0.5) is 0 Å². The van der Waals surface area contributed by atoms with E-state index in [4.69, 9.17) is 10.5 Å². The van der Waals surface area contributed by atoms with Gasteiger partial charge in [0.25, 0.3) is 5.91 Å². The second kappa shape index (κ2) is 6.94. The second-order valence-electron chi connectivity index (χ2n) is 6.05.